The minimum atomic E-state index is 0.665. The van der Waals surface area contributed by atoms with Crippen LogP contribution in [0.1, 0.15) is 18.1 Å². The minimum Gasteiger partial charge on any atom is -0.366 e. The highest BCUT2D eigenvalue weighted by molar-refractivity contribution is 5.46. The first-order valence-electron chi connectivity index (χ1n) is 6.15. The van der Waals surface area contributed by atoms with Gasteiger partial charge < -0.3 is 10.6 Å². The highest BCUT2D eigenvalue weighted by Crippen LogP contribution is 2.13. The standard InChI is InChI=1S/C14H18N4/c1-3-15-14-17-9-11(2)13(18-14)16-10-12-7-5-4-6-8-12/h4-9H,3,10H2,1-2H3,(H2,15,16,17,18). The normalized spacial score (nSPS) is 10.1. The molecule has 0 unspecified atom stereocenters. The number of hydrogen-bond donors (Lipinski definition) is 2. The van der Waals surface area contributed by atoms with E-state index in [9.17, 15) is 0 Å². The monoisotopic (exact) mass is 242 g/mol. The van der Waals surface area contributed by atoms with E-state index in [0.29, 0.717) is 5.95 Å². The van der Waals surface area contributed by atoms with Crippen molar-refractivity contribution in [2.24, 2.45) is 0 Å². The van der Waals surface area contributed by atoms with Gasteiger partial charge >= 0.3 is 0 Å². The summed E-state index contributed by atoms with van der Waals surface area (Å²) in [5.74, 6) is 1.54. The molecule has 2 rings (SSSR count). The SMILES string of the molecule is CCNc1ncc(C)c(NCc2ccccc2)n1. The van der Waals surface area contributed by atoms with E-state index < -0.39 is 0 Å². The van der Waals surface area contributed by atoms with E-state index >= 15 is 0 Å². The zero-order valence-corrected chi connectivity index (χ0v) is 10.8. The molecule has 1 heterocycles. The molecule has 0 atom stereocenters. The third kappa shape index (κ3) is 3.20. The summed E-state index contributed by atoms with van der Waals surface area (Å²) in [6.07, 6.45) is 1.83. The fraction of sp³-hybridized carbons (Fsp3) is 0.286. The summed E-state index contributed by atoms with van der Waals surface area (Å²) in [6.45, 7) is 5.62. The number of hydrogen-bond acceptors (Lipinski definition) is 4. The fourth-order valence-electron chi connectivity index (χ4n) is 1.65. The van der Waals surface area contributed by atoms with Crippen LogP contribution >= 0.6 is 0 Å². The molecule has 0 saturated carbocycles. The number of benzene rings is 1. The van der Waals surface area contributed by atoms with Gasteiger partial charge in [-0.3, -0.25) is 0 Å². The molecular weight excluding hydrogens is 224 g/mol. The Morgan fingerprint density at radius 2 is 1.89 bits per heavy atom. The van der Waals surface area contributed by atoms with E-state index in [1.165, 1.54) is 5.56 Å². The molecule has 0 aliphatic heterocycles. The second-order valence-electron chi connectivity index (χ2n) is 4.09. The summed E-state index contributed by atoms with van der Waals surface area (Å²) in [7, 11) is 0. The summed E-state index contributed by atoms with van der Waals surface area (Å²) < 4.78 is 0. The van der Waals surface area contributed by atoms with Crippen LogP contribution < -0.4 is 10.6 Å². The van der Waals surface area contributed by atoms with E-state index in [4.69, 9.17) is 0 Å². The maximum absolute atomic E-state index is 4.44. The topological polar surface area (TPSA) is 49.8 Å². The van der Waals surface area contributed by atoms with Gasteiger partial charge in [-0.15, -0.1) is 0 Å². The highest BCUT2D eigenvalue weighted by atomic mass is 15.1. The molecule has 94 valence electrons. The lowest BCUT2D eigenvalue weighted by Crippen LogP contribution is -2.07. The van der Waals surface area contributed by atoms with Gasteiger partial charge in [-0.1, -0.05) is 30.3 Å². The molecule has 2 aromatic rings. The van der Waals surface area contributed by atoms with Crippen molar-refractivity contribution in [1.82, 2.24) is 9.97 Å². The predicted octanol–water partition coefficient (Wildman–Crippen LogP) is 2.83. The van der Waals surface area contributed by atoms with Crippen LogP contribution in [0.3, 0.4) is 0 Å². The lowest BCUT2D eigenvalue weighted by molar-refractivity contribution is 1.03. The number of aryl methyl sites for hydroxylation is 1. The van der Waals surface area contributed by atoms with Crippen molar-refractivity contribution in [1.29, 1.82) is 0 Å². The number of aromatic nitrogens is 2. The van der Waals surface area contributed by atoms with E-state index in [1.807, 2.05) is 38.2 Å². The van der Waals surface area contributed by atoms with Gasteiger partial charge in [0.2, 0.25) is 5.95 Å². The fourth-order valence-corrected chi connectivity index (χ4v) is 1.65. The zero-order chi connectivity index (χ0) is 12.8. The molecule has 0 saturated heterocycles. The van der Waals surface area contributed by atoms with E-state index in [2.05, 4.69) is 32.7 Å². The van der Waals surface area contributed by atoms with Crippen LogP contribution in [0, 0.1) is 6.92 Å². The third-order valence-corrected chi connectivity index (χ3v) is 2.61. The Morgan fingerprint density at radius 3 is 2.61 bits per heavy atom. The zero-order valence-electron chi connectivity index (χ0n) is 10.8. The van der Waals surface area contributed by atoms with Gasteiger partial charge in [-0.05, 0) is 19.4 Å². The van der Waals surface area contributed by atoms with Crippen LogP contribution in [0.5, 0.6) is 0 Å². The average Bonchev–Trinajstić information content (AvgIpc) is 2.41. The molecule has 1 aromatic carbocycles. The molecule has 4 heteroatoms. The Labute approximate surface area is 107 Å². The quantitative estimate of drug-likeness (QED) is 0.846. The average molecular weight is 242 g/mol. The molecule has 0 amide bonds. The Bertz CT molecular complexity index is 496. The van der Waals surface area contributed by atoms with E-state index in [1.54, 1.807) is 0 Å². The van der Waals surface area contributed by atoms with Crippen molar-refractivity contribution in [2.45, 2.75) is 20.4 Å². The molecule has 0 bridgehead atoms. The van der Waals surface area contributed by atoms with Crippen molar-refractivity contribution in [3.05, 3.63) is 47.7 Å². The van der Waals surface area contributed by atoms with E-state index in [-0.39, 0.29) is 0 Å². The predicted molar refractivity (Wildman–Crippen MR) is 74.7 cm³/mol. The molecule has 2 N–H and O–H groups in total. The van der Waals surface area contributed by atoms with Gasteiger partial charge in [-0.2, -0.15) is 4.98 Å². The number of nitrogens with zero attached hydrogens (tertiary/aromatic N) is 2. The molecule has 0 aliphatic carbocycles. The maximum Gasteiger partial charge on any atom is 0.224 e. The highest BCUT2D eigenvalue weighted by Gasteiger charge is 2.02. The van der Waals surface area contributed by atoms with Crippen molar-refractivity contribution in [3.8, 4) is 0 Å². The summed E-state index contributed by atoms with van der Waals surface area (Å²) in [6, 6.07) is 10.3. The molecule has 0 aliphatic rings. The van der Waals surface area contributed by atoms with Crippen molar-refractivity contribution < 1.29 is 0 Å². The molecule has 0 fully saturated rings. The number of rotatable bonds is 5. The van der Waals surface area contributed by atoms with Crippen molar-refractivity contribution in [3.63, 3.8) is 0 Å². The first kappa shape index (κ1) is 12.4. The second-order valence-corrected chi connectivity index (χ2v) is 4.09. The second kappa shape index (κ2) is 6.00. The third-order valence-electron chi connectivity index (χ3n) is 2.61. The van der Waals surface area contributed by atoms with Crippen LogP contribution in [0.25, 0.3) is 0 Å². The van der Waals surface area contributed by atoms with Crippen LogP contribution in [0.2, 0.25) is 0 Å². The maximum atomic E-state index is 4.44. The number of anilines is 2. The van der Waals surface area contributed by atoms with Crippen LogP contribution in [-0.4, -0.2) is 16.5 Å². The first-order chi connectivity index (χ1) is 8.79. The van der Waals surface area contributed by atoms with Gasteiger partial charge in [-0.25, -0.2) is 4.98 Å². The molecule has 0 spiro atoms. The first-order valence-corrected chi connectivity index (χ1v) is 6.15. The van der Waals surface area contributed by atoms with Gasteiger partial charge in [0, 0.05) is 24.8 Å². The molecular formula is C14H18N4. The molecule has 0 radical (unpaired) electrons. The summed E-state index contributed by atoms with van der Waals surface area (Å²) in [4.78, 5) is 8.67. The number of nitrogens with one attached hydrogen (secondary N) is 2. The Balaban J connectivity index is 2.06. The van der Waals surface area contributed by atoms with E-state index in [0.717, 1.165) is 24.5 Å². The smallest absolute Gasteiger partial charge is 0.224 e. The lowest BCUT2D eigenvalue weighted by atomic mass is 10.2. The van der Waals surface area contributed by atoms with Crippen molar-refractivity contribution >= 4 is 11.8 Å². The van der Waals surface area contributed by atoms with Crippen molar-refractivity contribution in [2.75, 3.05) is 17.2 Å². The van der Waals surface area contributed by atoms with Crippen LogP contribution in [0.15, 0.2) is 36.5 Å². The minimum absolute atomic E-state index is 0.665. The Hall–Kier alpha value is -2.10. The Kier molecular flexibility index (Phi) is 4.12. The van der Waals surface area contributed by atoms with Gasteiger partial charge in [0.25, 0.3) is 0 Å². The van der Waals surface area contributed by atoms with Gasteiger partial charge in [0.05, 0.1) is 0 Å². The van der Waals surface area contributed by atoms with Crippen LogP contribution in [-0.2, 0) is 6.54 Å². The summed E-state index contributed by atoms with van der Waals surface area (Å²) in [5, 5.41) is 6.45. The molecule has 1 aromatic heterocycles. The Morgan fingerprint density at radius 1 is 1.11 bits per heavy atom. The summed E-state index contributed by atoms with van der Waals surface area (Å²) >= 11 is 0. The van der Waals surface area contributed by atoms with Gasteiger partial charge in [0.15, 0.2) is 0 Å². The van der Waals surface area contributed by atoms with Crippen LogP contribution in [0.4, 0.5) is 11.8 Å². The lowest BCUT2D eigenvalue weighted by Gasteiger charge is -2.10. The largest absolute Gasteiger partial charge is 0.366 e. The molecule has 4 nitrogen and oxygen atoms in total. The van der Waals surface area contributed by atoms with Gasteiger partial charge in [0.1, 0.15) is 5.82 Å². The summed E-state index contributed by atoms with van der Waals surface area (Å²) in [5.41, 5.74) is 2.29. The molecule has 18 heavy (non-hydrogen) atoms.